The maximum atomic E-state index is 13.1. The van der Waals surface area contributed by atoms with E-state index in [0.717, 1.165) is 32.6 Å². The molecule has 0 radical (unpaired) electrons. The molecule has 31 heavy (non-hydrogen) atoms. The van der Waals surface area contributed by atoms with Crippen molar-refractivity contribution in [1.29, 1.82) is 0 Å². The number of imidazole rings is 1. The Morgan fingerprint density at radius 1 is 1.23 bits per heavy atom. The van der Waals surface area contributed by atoms with Gasteiger partial charge in [-0.05, 0) is 25.0 Å². The Kier molecular flexibility index (Phi) is 4.73. The van der Waals surface area contributed by atoms with E-state index in [2.05, 4.69) is 11.1 Å². The molecule has 1 amide bonds. The van der Waals surface area contributed by atoms with Crippen LogP contribution in [0, 0.1) is 0 Å². The SMILES string of the molecule is Cn1cnc2c1c(=O)n(CC(=O)N1CCC[C@H](c3nc4ccccc4s3)C1)c(=O)n2C. The number of aryl methyl sites for hydroxylation is 2. The number of carbonyl (C=O) groups is 1. The van der Waals surface area contributed by atoms with Gasteiger partial charge in [0.25, 0.3) is 5.56 Å². The van der Waals surface area contributed by atoms with Crippen LogP contribution in [0.1, 0.15) is 23.8 Å². The van der Waals surface area contributed by atoms with Crippen molar-refractivity contribution in [3.05, 3.63) is 56.4 Å². The molecule has 0 aliphatic carbocycles. The van der Waals surface area contributed by atoms with Crippen molar-refractivity contribution in [2.75, 3.05) is 13.1 Å². The highest BCUT2D eigenvalue weighted by atomic mass is 32.1. The van der Waals surface area contributed by atoms with E-state index >= 15 is 0 Å². The fraction of sp³-hybridized carbons (Fsp3) is 0.381. The molecule has 4 aromatic rings. The minimum atomic E-state index is -0.538. The Balaban J connectivity index is 1.41. The van der Waals surface area contributed by atoms with Crippen LogP contribution in [0.5, 0.6) is 0 Å². The van der Waals surface area contributed by atoms with Crippen LogP contribution in [0.15, 0.2) is 40.2 Å². The second kappa shape index (κ2) is 7.45. The number of nitrogens with zero attached hydrogens (tertiary/aromatic N) is 6. The normalized spacial score (nSPS) is 17.0. The highest BCUT2D eigenvalue weighted by Gasteiger charge is 2.28. The predicted molar refractivity (Wildman–Crippen MR) is 118 cm³/mol. The molecule has 1 aliphatic rings. The van der Waals surface area contributed by atoms with Gasteiger partial charge in [0.2, 0.25) is 5.91 Å². The number of para-hydroxylation sites is 1. The topological polar surface area (TPSA) is 95.0 Å². The van der Waals surface area contributed by atoms with Gasteiger partial charge in [0.1, 0.15) is 6.54 Å². The Hall–Kier alpha value is -3.27. The largest absolute Gasteiger partial charge is 0.340 e. The zero-order chi connectivity index (χ0) is 21.7. The summed E-state index contributed by atoms with van der Waals surface area (Å²) >= 11 is 1.67. The predicted octanol–water partition coefficient (Wildman–Crippen LogP) is 1.45. The molecule has 160 valence electrons. The average Bonchev–Trinajstić information content (AvgIpc) is 3.39. The number of thiazole rings is 1. The van der Waals surface area contributed by atoms with Gasteiger partial charge in [0.05, 0.1) is 21.6 Å². The van der Waals surface area contributed by atoms with E-state index < -0.39 is 11.2 Å². The number of hydrogen-bond donors (Lipinski definition) is 0. The zero-order valence-electron chi connectivity index (χ0n) is 17.3. The summed E-state index contributed by atoms with van der Waals surface area (Å²) in [5.74, 6) is -0.0688. The number of benzene rings is 1. The molecule has 3 aromatic heterocycles. The number of aromatic nitrogens is 5. The van der Waals surface area contributed by atoms with Gasteiger partial charge in [-0.3, -0.25) is 14.2 Å². The van der Waals surface area contributed by atoms with Crippen LogP contribution in [0.3, 0.4) is 0 Å². The molecule has 5 rings (SSSR count). The van der Waals surface area contributed by atoms with Crippen molar-refractivity contribution in [3.8, 4) is 0 Å². The number of likely N-dealkylation sites (tertiary alicyclic amines) is 1. The minimum Gasteiger partial charge on any atom is -0.340 e. The lowest BCUT2D eigenvalue weighted by Gasteiger charge is -2.32. The second-order valence-electron chi connectivity index (χ2n) is 7.96. The smallest absolute Gasteiger partial charge is 0.332 e. The quantitative estimate of drug-likeness (QED) is 0.483. The molecule has 10 heteroatoms. The van der Waals surface area contributed by atoms with E-state index in [1.165, 1.54) is 10.9 Å². The van der Waals surface area contributed by atoms with Crippen molar-refractivity contribution < 1.29 is 4.79 Å². The first kappa shape index (κ1) is 19.7. The fourth-order valence-corrected chi connectivity index (χ4v) is 5.33. The van der Waals surface area contributed by atoms with Gasteiger partial charge in [-0.1, -0.05) is 12.1 Å². The van der Waals surface area contributed by atoms with Crippen LogP contribution in [0.2, 0.25) is 0 Å². The molecule has 1 atom stereocenters. The Morgan fingerprint density at radius 2 is 2.03 bits per heavy atom. The number of carbonyl (C=O) groups excluding carboxylic acids is 1. The summed E-state index contributed by atoms with van der Waals surface area (Å²) in [6.45, 7) is 0.879. The monoisotopic (exact) mass is 438 g/mol. The van der Waals surface area contributed by atoms with Crippen LogP contribution in [-0.4, -0.2) is 47.6 Å². The van der Waals surface area contributed by atoms with Crippen LogP contribution >= 0.6 is 11.3 Å². The summed E-state index contributed by atoms with van der Waals surface area (Å²) in [6.07, 6.45) is 3.32. The van der Waals surface area contributed by atoms with Gasteiger partial charge in [-0.25, -0.2) is 19.3 Å². The van der Waals surface area contributed by atoms with Gasteiger partial charge in [0, 0.05) is 33.1 Å². The van der Waals surface area contributed by atoms with Crippen LogP contribution in [0.4, 0.5) is 0 Å². The molecule has 0 bridgehead atoms. The molecular weight excluding hydrogens is 416 g/mol. The molecule has 1 aliphatic heterocycles. The molecule has 0 spiro atoms. The van der Waals surface area contributed by atoms with Crippen molar-refractivity contribution in [2.45, 2.75) is 25.3 Å². The lowest BCUT2D eigenvalue weighted by Crippen LogP contribution is -2.46. The van der Waals surface area contributed by atoms with Gasteiger partial charge in [-0.2, -0.15) is 0 Å². The van der Waals surface area contributed by atoms with Crippen molar-refractivity contribution in [3.63, 3.8) is 0 Å². The zero-order valence-corrected chi connectivity index (χ0v) is 18.1. The summed E-state index contributed by atoms with van der Waals surface area (Å²) in [7, 11) is 3.25. The van der Waals surface area contributed by atoms with E-state index in [-0.39, 0.29) is 18.4 Å². The van der Waals surface area contributed by atoms with E-state index in [0.29, 0.717) is 24.3 Å². The minimum absolute atomic E-state index is 0.161. The Bertz CT molecular complexity index is 1400. The maximum absolute atomic E-state index is 13.1. The first-order valence-corrected chi connectivity index (χ1v) is 11.0. The molecule has 1 aromatic carbocycles. The molecule has 0 unspecified atom stereocenters. The number of amides is 1. The first-order chi connectivity index (χ1) is 14.9. The second-order valence-corrected chi connectivity index (χ2v) is 9.02. The lowest BCUT2D eigenvalue weighted by atomic mass is 9.98. The summed E-state index contributed by atoms with van der Waals surface area (Å²) in [6, 6.07) is 8.02. The maximum Gasteiger partial charge on any atom is 0.332 e. The third-order valence-corrected chi connectivity index (χ3v) is 7.13. The van der Waals surface area contributed by atoms with E-state index in [1.54, 1.807) is 34.9 Å². The number of fused-ring (bicyclic) bond motifs is 2. The summed E-state index contributed by atoms with van der Waals surface area (Å²) in [5, 5.41) is 1.03. The Labute approximate surface area is 181 Å². The fourth-order valence-electron chi connectivity index (χ4n) is 4.24. The van der Waals surface area contributed by atoms with Gasteiger partial charge in [-0.15, -0.1) is 11.3 Å². The number of hydrogen-bond acceptors (Lipinski definition) is 6. The molecule has 1 saturated heterocycles. The van der Waals surface area contributed by atoms with Crippen molar-refractivity contribution in [2.24, 2.45) is 14.1 Å². The standard InChI is InChI=1S/C21H22N6O3S/c1-24-12-22-18-17(24)20(29)27(21(30)25(18)2)11-16(28)26-9-5-6-13(10-26)19-23-14-7-3-4-8-15(14)31-19/h3-4,7-8,12-13H,5-6,9-11H2,1-2H3/t13-/m0/s1. The van der Waals surface area contributed by atoms with Gasteiger partial charge >= 0.3 is 5.69 Å². The highest BCUT2D eigenvalue weighted by Crippen LogP contribution is 2.33. The molecule has 0 N–H and O–H groups in total. The van der Waals surface area contributed by atoms with Crippen molar-refractivity contribution >= 4 is 38.6 Å². The van der Waals surface area contributed by atoms with E-state index in [4.69, 9.17) is 4.98 Å². The van der Waals surface area contributed by atoms with Gasteiger partial charge in [0.15, 0.2) is 11.2 Å². The summed E-state index contributed by atoms with van der Waals surface area (Å²) < 4.78 is 5.03. The number of rotatable bonds is 3. The molecule has 4 heterocycles. The lowest BCUT2D eigenvalue weighted by molar-refractivity contribution is -0.133. The first-order valence-electron chi connectivity index (χ1n) is 10.2. The van der Waals surface area contributed by atoms with Crippen LogP contribution in [-0.2, 0) is 25.4 Å². The van der Waals surface area contributed by atoms with Gasteiger partial charge < -0.3 is 9.47 Å². The molecule has 0 saturated carbocycles. The van der Waals surface area contributed by atoms with Crippen molar-refractivity contribution in [1.82, 2.24) is 28.6 Å². The van der Waals surface area contributed by atoms with Crippen LogP contribution in [0.25, 0.3) is 21.4 Å². The molecule has 1 fully saturated rings. The highest BCUT2D eigenvalue weighted by molar-refractivity contribution is 7.18. The average molecular weight is 439 g/mol. The molecule has 9 nitrogen and oxygen atoms in total. The summed E-state index contributed by atoms with van der Waals surface area (Å²) in [5.41, 5.74) is 0.567. The summed E-state index contributed by atoms with van der Waals surface area (Å²) in [4.78, 5) is 49.3. The van der Waals surface area contributed by atoms with E-state index in [9.17, 15) is 14.4 Å². The third kappa shape index (κ3) is 3.27. The van der Waals surface area contributed by atoms with E-state index in [1.807, 2.05) is 18.2 Å². The Morgan fingerprint density at radius 3 is 2.84 bits per heavy atom. The van der Waals surface area contributed by atoms with Crippen LogP contribution < -0.4 is 11.2 Å². The molecular formula is C21H22N6O3S. The third-order valence-electron chi connectivity index (χ3n) is 5.93. The number of piperidine rings is 1.